The molecular weight excluding hydrogens is 447 g/mol. The summed E-state index contributed by atoms with van der Waals surface area (Å²) >= 11 is 1.56. The molecule has 1 amide bonds. The first-order valence-electron chi connectivity index (χ1n) is 11.7. The number of halogens is 1. The van der Waals surface area contributed by atoms with Gasteiger partial charge in [0, 0.05) is 23.6 Å². The third-order valence-corrected chi connectivity index (χ3v) is 7.27. The van der Waals surface area contributed by atoms with Gasteiger partial charge in [0.05, 0.1) is 6.54 Å². The highest BCUT2D eigenvalue weighted by Gasteiger charge is 2.17. The van der Waals surface area contributed by atoms with Crippen LogP contribution in [0.2, 0.25) is 0 Å². The second-order valence-corrected chi connectivity index (χ2v) is 9.69. The maximum atomic E-state index is 13.6. The number of hydrogen-bond acceptors (Lipinski definition) is 4. The van der Waals surface area contributed by atoms with Gasteiger partial charge in [-0.1, -0.05) is 55.3 Å². The van der Waals surface area contributed by atoms with Crippen molar-refractivity contribution in [3.8, 4) is 0 Å². The lowest BCUT2D eigenvalue weighted by Crippen LogP contribution is -2.36. The van der Waals surface area contributed by atoms with E-state index in [1.165, 1.54) is 25.3 Å². The van der Waals surface area contributed by atoms with Crippen LogP contribution >= 0.6 is 11.8 Å². The van der Waals surface area contributed by atoms with E-state index in [-0.39, 0.29) is 11.7 Å². The standard InChI is InChI=1S/C27H27FN4OS/c28-22-7-4-6-20(16-22)18-34-27-31-24-10-5-15-29-25(24)32(27)17-19-11-13-21(14-12-19)26(33)30-23-8-2-1-3-9-23/h4-7,10-16,23H,1-3,8-9,17-18H2,(H,30,33). The Balaban J connectivity index is 1.32. The number of aromatic nitrogens is 3. The SMILES string of the molecule is O=C(NC1CCCCC1)c1ccc(Cn2c(SCc3cccc(F)c3)nc3cccnc32)cc1. The molecule has 5 nitrogen and oxygen atoms in total. The largest absolute Gasteiger partial charge is 0.349 e. The van der Waals surface area contributed by atoms with Crippen LogP contribution in [0.3, 0.4) is 0 Å². The van der Waals surface area contributed by atoms with E-state index in [0.717, 1.165) is 40.3 Å². The van der Waals surface area contributed by atoms with Crippen molar-refractivity contribution in [2.24, 2.45) is 0 Å². The zero-order valence-corrected chi connectivity index (χ0v) is 19.7. The molecule has 34 heavy (non-hydrogen) atoms. The molecule has 1 fully saturated rings. The third kappa shape index (κ3) is 5.30. The predicted octanol–water partition coefficient (Wildman–Crippen LogP) is 5.97. The van der Waals surface area contributed by atoms with Crippen molar-refractivity contribution in [2.75, 3.05) is 0 Å². The Morgan fingerprint density at radius 2 is 1.85 bits per heavy atom. The van der Waals surface area contributed by atoms with Gasteiger partial charge >= 0.3 is 0 Å². The number of benzene rings is 2. The van der Waals surface area contributed by atoms with Crippen molar-refractivity contribution in [3.05, 3.63) is 89.4 Å². The Morgan fingerprint density at radius 3 is 2.65 bits per heavy atom. The van der Waals surface area contributed by atoms with Crippen LogP contribution < -0.4 is 5.32 Å². The molecule has 1 N–H and O–H groups in total. The van der Waals surface area contributed by atoms with Crippen molar-refractivity contribution in [1.29, 1.82) is 0 Å². The van der Waals surface area contributed by atoms with Crippen LogP contribution in [0.25, 0.3) is 11.2 Å². The summed E-state index contributed by atoms with van der Waals surface area (Å²) in [5.41, 5.74) is 4.29. The number of nitrogens with one attached hydrogen (secondary N) is 1. The van der Waals surface area contributed by atoms with E-state index in [9.17, 15) is 9.18 Å². The van der Waals surface area contributed by atoms with E-state index in [0.29, 0.717) is 23.9 Å². The Hall–Kier alpha value is -3.19. The molecule has 0 saturated heterocycles. The number of fused-ring (bicyclic) bond motifs is 1. The number of pyridine rings is 1. The summed E-state index contributed by atoms with van der Waals surface area (Å²) in [5, 5.41) is 4.01. The van der Waals surface area contributed by atoms with E-state index in [1.54, 1.807) is 30.1 Å². The van der Waals surface area contributed by atoms with Crippen LogP contribution in [0.15, 0.2) is 72.0 Å². The highest BCUT2D eigenvalue weighted by molar-refractivity contribution is 7.98. The predicted molar refractivity (Wildman–Crippen MR) is 133 cm³/mol. The maximum Gasteiger partial charge on any atom is 0.251 e. The average Bonchev–Trinajstić information content (AvgIpc) is 3.21. The lowest BCUT2D eigenvalue weighted by molar-refractivity contribution is 0.0927. The Bertz CT molecular complexity index is 1280. The number of rotatable bonds is 7. The van der Waals surface area contributed by atoms with Crippen LogP contribution in [0.4, 0.5) is 4.39 Å². The van der Waals surface area contributed by atoms with Crippen LogP contribution in [-0.4, -0.2) is 26.5 Å². The molecular formula is C27H27FN4OS. The van der Waals surface area contributed by atoms with Gasteiger partial charge in [-0.05, 0) is 60.4 Å². The van der Waals surface area contributed by atoms with Crippen molar-refractivity contribution in [3.63, 3.8) is 0 Å². The van der Waals surface area contributed by atoms with Gasteiger partial charge in [0.15, 0.2) is 10.8 Å². The quantitative estimate of drug-likeness (QED) is 0.335. The minimum atomic E-state index is -0.235. The van der Waals surface area contributed by atoms with Gasteiger partial charge in [-0.3, -0.25) is 9.36 Å². The highest BCUT2D eigenvalue weighted by atomic mass is 32.2. The van der Waals surface area contributed by atoms with E-state index in [2.05, 4.69) is 14.9 Å². The van der Waals surface area contributed by atoms with Gasteiger partial charge in [-0.2, -0.15) is 0 Å². The van der Waals surface area contributed by atoms with Crippen LogP contribution in [-0.2, 0) is 12.3 Å². The number of carbonyl (C=O) groups excluding carboxylic acids is 1. The van der Waals surface area contributed by atoms with Gasteiger partial charge in [0.2, 0.25) is 0 Å². The number of nitrogens with zero attached hydrogens (tertiary/aromatic N) is 3. The van der Waals surface area contributed by atoms with E-state index < -0.39 is 0 Å². The summed E-state index contributed by atoms with van der Waals surface area (Å²) in [5.74, 6) is 0.377. The van der Waals surface area contributed by atoms with Gasteiger partial charge in [-0.25, -0.2) is 14.4 Å². The molecule has 0 spiro atoms. The lowest BCUT2D eigenvalue weighted by atomic mass is 9.95. The second-order valence-electron chi connectivity index (χ2n) is 8.75. The molecule has 4 aromatic rings. The van der Waals surface area contributed by atoms with Crippen LogP contribution in [0.1, 0.15) is 53.6 Å². The Kier molecular flexibility index (Phi) is 6.90. The molecule has 0 unspecified atom stereocenters. The van der Waals surface area contributed by atoms with Crippen molar-refractivity contribution in [2.45, 2.75) is 55.6 Å². The number of hydrogen-bond donors (Lipinski definition) is 1. The highest BCUT2D eigenvalue weighted by Crippen LogP contribution is 2.27. The maximum absolute atomic E-state index is 13.6. The van der Waals surface area contributed by atoms with Gasteiger partial charge in [-0.15, -0.1) is 0 Å². The van der Waals surface area contributed by atoms with Gasteiger partial charge < -0.3 is 5.32 Å². The van der Waals surface area contributed by atoms with Gasteiger partial charge in [0.1, 0.15) is 11.3 Å². The topological polar surface area (TPSA) is 59.8 Å². The summed E-state index contributed by atoms with van der Waals surface area (Å²) in [6.07, 6.45) is 7.55. The summed E-state index contributed by atoms with van der Waals surface area (Å²) in [6, 6.07) is 18.5. The van der Waals surface area contributed by atoms with Gasteiger partial charge in [0.25, 0.3) is 5.91 Å². The monoisotopic (exact) mass is 474 g/mol. The molecule has 2 heterocycles. The van der Waals surface area contributed by atoms with Crippen LogP contribution in [0, 0.1) is 5.82 Å². The van der Waals surface area contributed by atoms with Crippen molar-refractivity contribution in [1.82, 2.24) is 19.9 Å². The van der Waals surface area contributed by atoms with E-state index in [4.69, 9.17) is 4.98 Å². The molecule has 1 aliphatic rings. The smallest absolute Gasteiger partial charge is 0.251 e. The third-order valence-electron chi connectivity index (χ3n) is 6.22. The molecule has 0 atom stereocenters. The molecule has 1 saturated carbocycles. The molecule has 174 valence electrons. The molecule has 5 rings (SSSR count). The molecule has 0 aliphatic heterocycles. The normalized spacial score (nSPS) is 14.4. The summed E-state index contributed by atoms with van der Waals surface area (Å²) in [4.78, 5) is 22.0. The summed E-state index contributed by atoms with van der Waals surface area (Å²) < 4.78 is 15.7. The fourth-order valence-corrected chi connectivity index (χ4v) is 5.37. The second kappa shape index (κ2) is 10.4. The first-order chi connectivity index (χ1) is 16.7. The molecule has 0 radical (unpaired) electrons. The zero-order chi connectivity index (χ0) is 23.3. The molecule has 2 aromatic carbocycles. The molecule has 0 bridgehead atoms. The average molecular weight is 475 g/mol. The van der Waals surface area contributed by atoms with Crippen molar-refractivity contribution < 1.29 is 9.18 Å². The summed E-state index contributed by atoms with van der Waals surface area (Å²) in [6.45, 7) is 0.587. The molecule has 2 aromatic heterocycles. The Labute approximate surface area is 202 Å². The molecule has 1 aliphatic carbocycles. The van der Waals surface area contributed by atoms with Crippen molar-refractivity contribution >= 4 is 28.8 Å². The minimum Gasteiger partial charge on any atom is -0.349 e. The van der Waals surface area contributed by atoms with E-state index >= 15 is 0 Å². The first kappa shape index (κ1) is 22.6. The number of amides is 1. The lowest BCUT2D eigenvalue weighted by Gasteiger charge is -2.22. The fraction of sp³-hybridized carbons (Fsp3) is 0.296. The fourth-order valence-electron chi connectivity index (χ4n) is 4.42. The summed E-state index contributed by atoms with van der Waals surface area (Å²) in [7, 11) is 0. The first-order valence-corrected chi connectivity index (χ1v) is 12.7. The van der Waals surface area contributed by atoms with E-state index in [1.807, 2.05) is 42.5 Å². The zero-order valence-electron chi connectivity index (χ0n) is 18.9. The number of carbonyl (C=O) groups is 1. The Morgan fingerprint density at radius 1 is 1.03 bits per heavy atom. The minimum absolute atomic E-state index is 0.000430. The van der Waals surface area contributed by atoms with Crippen LogP contribution in [0.5, 0.6) is 0 Å². The number of thioether (sulfide) groups is 1. The molecule has 7 heteroatoms. The number of imidazole rings is 1.